The van der Waals surface area contributed by atoms with E-state index in [1.165, 1.54) is 25.3 Å². The Hall–Kier alpha value is -2.47. The van der Waals surface area contributed by atoms with Crippen LogP contribution in [0.15, 0.2) is 18.2 Å². The summed E-state index contributed by atoms with van der Waals surface area (Å²) < 4.78 is 17.0. The van der Waals surface area contributed by atoms with Crippen molar-refractivity contribution in [2.24, 2.45) is 5.73 Å². The van der Waals surface area contributed by atoms with Crippen molar-refractivity contribution in [3.63, 3.8) is 0 Å². The number of benzene rings is 2. The van der Waals surface area contributed by atoms with Gasteiger partial charge in [0.15, 0.2) is 17.9 Å². The van der Waals surface area contributed by atoms with Gasteiger partial charge in [0.2, 0.25) is 5.78 Å². The molecule has 12 nitrogen and oxygen atoms in total. The summed E-state index contributed by atoms with van der Waals surface area (Å²) in [5, 5.41) is 53.7. The van der Waals surface area contributed by atoms with E-state index < -0.39 is 95.7 Å². The number of phenols is 2. The average Bonchev–Trinajstić information content (AvgIpc) is 2.90. The first kappa shape index (κ1) is 30.5. The number of rotatable bonds is 5. The van der Waals surface area contributed by atoms with Gasteiger partial charge in [0, 0.05) is 69.3 Å². The van der Waals surface area contributed by atoms with Crippen molar-refractivity contribution < 1.29 is 54.1 Å². The van der Waals surface area contributed by atoms with E-state index >= 15 is 0 Å². The second-order valence-electron chi connectivity index (χ2n) is 10.2. The van der Waals surface area contributed by atoms with Crippen molar-refractivity contribution in [3.05, 3.63) is 51.6 Å². The van der Waals surface area contributed by atoms with Crippen LogP contribution in [-0.4, -0.2) is 114 Å². The van der Waals surface area contributed by atoms with Crippen LogP contribution >= 0.6 is 0 Å². The molecule has 0 unspecified atom stereocenters. The van der Waals surface area contributed by atoms with Crippen molar-refractivity contribution in [1.29, 1.82) is 0 Å². The fourth-order valence-corrected chi connectivity index (χ4v) is 5.75. The van der Waals surface area contributed by atoms with E-state index in [0.29, 0.717) is 0 Å². The molecule has 2 aromatic carbocycles. The van der Waals surface area contributed by atoms with Gasteiger partial charge in [0.05, 0.1) is 42.1 Å². The normalized spacial score (nSPS) is 29.1. The molecule has 1 heterocycles. The van der Waals surface area contributed by atoms with Crippen LogP contribution < -0.4 is 10.5 Å². The van der Waals surface area contributed by atoms with Crippen LogP contribution in [0.25, 0.3) is 0 Å². The number of aromatic hydroxyl groups is 2. The number of phenolic OH excluding ortho intramolecular Hbond substituents is 2. The molecule has 1 aliphatic heterocycles. The molecule has 3 aliphatic rings. The number of fused-ring (bicyclic) bond motifs is 3. The molecule has 4 radical (unpaired) electrons. The predicted molar refractivity (Wildman–Crippen MR) is 138 cm³/mol. The molecule has 6 atom stereocenters. The number of carbonyl (C=O) groups excluding carboxylic acids is 3. The number of Topliss-reactive ketones (excluding diaryl/α,β-unsaturated/α-hetero) is 1. The van der Waals surface area contributed by atoms with Crippen LogP contribution in [0.4, 0.5) is 0 Å². The third-order valence-electron chi connectivity index (χ3n) is 7.81. The van der Waals surface area contributed by atoms with E-state index in [2.05, 4.69) is 0 Å². The van der Waals surface area contributed by atoms with Crippen molar-refractivity contribution in [1.82, 2.24) is 0 Å². The molecule has 0 spiro atoms. The summed E-state index contributed by atoms with van der Waals surface area (Å²) >= 11 is 0. The molecule has 212 valence electrons. The Labute approximate surface area is 248 Å². The Kier molecular flexibility index (Phi) is 8.44. The fourth-order valence-electron chi connectivity index (χ4n) is 5.75. The van der Waals surface area contributed by atoms with E-state index in [4.69, 9.17) is 19.9 Å². The summed E-state index contributed by atoms with van der Waals surface area (Å²) in [6.45, 7) is 0.560. The van der Waals surface area contributed by atoms with Gasteiger partial charge in [0.25, 0.3) is 0 Å². The monoisotopic (exact) mass is 751 g/mol. The average molecular weight is 751 g/mol. The number of methoxy groups -OCH3 is 1. The number of carbonyl (C=O) groups is 3. The summed E-state index contributed by atoms with van der Waals surface area (Å²) in [5.74, 6) is -3.77. The van der Waals surface area contributed by atoms with Gasteiger partial charge in [0.1, 0.15) is 29.5 Å². The summed E-state index contributed by atoms with van der Waals surface area (Å²) in [5.41, 5.74) is 2.37. The summed E-state index contributed by atoms with van der Waals surface area (Å²) in [6.07, 6.45) is -5.12. The summed E-state index contributed by atoms with van der Waals surface area (Å²) in [6, 6.07) is 3.64. The largest absolute Gasteiger partial charge is 0.507 e. The number of hydrogen-bond donors (Lipinski definition) is 6. The molecule has 0 bridgehead atoms. The molecule has 5 rings (SSSR count). The third-order valence-corrected chi connectivity index (χ3v) is 7.81. The van der Waals surface area contributed by atoms with E-state index in [9.17, 15) is 39.9 Å². The fraction of sp³-hybridized carbons (Fsp3) is 0.444. The molecule has 40 heavy (non-hydrogen) atoms. The number of aliphatic hydroxyl groups excluding tert-OH is 2. The SMILES string of the molecule is COc1cccc2c1C(=O)c1c(O)c3c(c(O)c1C2=O)C[C@@](O)(C(=O)CO)C[C@@H]3O[C@H]1C[C@H](N)[C@@H](O)[C@H](C)O1.[Pb]. The first-order valence-electron chi connectivity index (χ1n) is 12.4. The quantitative estimate of drug-likeness (QED) is 0.146. The summed E-state index contributed by atoms with van der Waals surface area (Å²) in [7, 11) is 1.32. The molecule has 1 saturated heterocycles. The minimum atomic E-state index is -2.24. The van der Waals surface area contributed by atoms with Gasteiger partial charge in [-0.2, -0.15) is 0 Å². The van der Waals surface area contributed by atoms with Crippen molar-refractivity contribution in [3.8, 4) is 17.2 Å². The van der Waals surface area contributed by atoms with Crippen LogP contribution in [-0.2, 0) is 20.7 Å². The smallest absolute Gasteiger partial charge is 0.202 e. The van der Waals surface area contributed by atoms with E-state index in [0.717, 1.165) is 0 Å². The van der Waals surface area contributed by atoms with Crippen LogP contribution in [0.2, 0.25) is 0 Å². The van der Waals surface area contributed by atoms with Gasteiger partial charge < -0.3 is 45.5 Å². The van der Waals surface area contributed by atoms with Gasteiger partial charge >= 0.3 is 0 Å². The molecule has 13 heteroatoms. The molecule has 2 aromatic rings. The molecule has 7 N–H and O–H groups in total. The van der Waals surface area contributed by atoms with E-state index in [1.54, 1.807) is 6.92 Å². The zero-order valence-electron chi connectivity index (χ0n) is 21.7. The zero-order valence-corrected chi connectivity index (χ0v) is 25.6. The topological polar surface area (TPSA) is 206 Å². The van der Waals surface area contributed by atoms with Gasteiger partial charge in [-0.05, 0) is 13.0 Å². The molecule has 2 aliphatic carbocycles. The first-order valence-corrected chi connectivity index (χ1v) is 12.4. The Bertz CT molecular complexity index is 1380. The maximum atomic E-state index is 13.6. The molecule has 0 saturated carbocycles. The van der Waals surface area contributed by atoms with Crippen molar-refractivity contribution in [2.75, 3.05) is 13.7 Å². The molecular formula is C27H29NO11Pb. The number of hydrogen-bond acceptors (Lipinski definition) is 12. The zero-order chi connectivity index (χ0) is 28.4. The Balaban J connectivity index is 0.00000370. The molecule has 1 fully saturated rings. The third kappa shape index (κ3) is 4.64. The van der Waals surface area contributed by atoms with Crippen molar-refractivity contribution in [2.45, 2.75) is 62.4 Å². The van der Waals surface area contributed by atoms with Crippen LogP contribution in [0.1, 0.15) is 68.8 Å². The molecule has 0 amide bonds. The number of aliphatic hydroxyl groups is 3. The molecule has 0 aromatic heterocycles. The van der Waals surface area contributed by atoms with E-state index in [-0.39, 0.29) is 61.7 Å². The minimum absolute atomic E-state index is 0. The van der Waals surface area contributed by atoms with Gasteiger partial charge in [-0.3, -0.25) is 14.4 Å². The van der Waals surface area contributed by atoms with Gasteiger partial charge in [-0.1, -0.05) is 12.1 Å². The number of nitrogens with two attached hydrogens (primary N) is 1. The van der Waals surface area contributed by atoms with Crippen LogP contribution in [0.3, 0.4) is 0 Å². The standard InChI is InChI=1S/C27H29NO11.Pb/c1-10-22(31)13(28)6-17(38-10)39-15-8-27(36,16(30)9-29)7-12-19(15)26(35)21-20(24(12)33)23(32)11-4-3-5-14(37-2)18(11)25(21)34;/h3-5,10,13,15,17,22,29,31,33,35-36H,6-9,28H2,1-2H3;/t10-,13-,15-,17-,22-,27-;/m0./s1. The predicted octanol–water partition coefficient (Wildman–Crippen LogP) is -0.380. The second-order valence-corrected chi connectivity index (χ2v) is 10.2. The number of ketones is 3. The first-order chi connectivity index (χ1) is 18.4. The van der Waals surface area contributed by atoms with Crippen LogP contribution in [0, 0.1) is 0 Å². The van der Waals surface area contributed by atoms with E-state index in [1.807, 2.05) is 0 Å². The number of ether oxygens (including phenoxy) is 3. The molecular weight excluding hydrogens is 721 g/mol. The Morgan fingerprint density at radius 3 is 2.45 bits per heavy atom. The maximum absolute atomic E-state index is 13.6. The Morgan fingerprint density at radius 1 is 1.15 bits per heavy atom. The van der Waals surface area contributed by atoms with Gasteiger partial charge in [-0.15, -0.1) is 0 Å². The van der Waals surface area contributed by atoms with Crippen LogP contribution in [0.5, 0.6) is 17.2 Å². The second kappa shape index (κ2) is 11.1. The van der Waals surface area contributed by atoms with Crippen molar-refractivity contribution >= 4 is 44.6 Å². The maximum Gasteiger partial charge on any atom is 0.202 e. The summed E-state index contributed by atoms with van der Waals surface area (Å²) in [4.78, 5) is 39.7. The Morgan fingerprint density at radius 2 is 1.82 bits per heavy atom. The minimum Gasteiger partial charge on any atom is -0.507 e. The van der Waals surface area contributed by atoms with Gasteiger partial charge in [-0.25, -0.2) is 0 Å².